The number of para-hydroxylation sites is 3. The number of nitrogens with zero attached hydrogens (tertiary/aromatic N) is 6. The molecule has 0 atom stereocenters. The number of furan rings is 2. The van der Waals surface area contributed by atoms with Gasteiger partial charge in [0.25, 0.3) is 0 Å². The predicted octanol–water partition coefficient (Wildman–Crippen LogP) is 15.9. The predicted molar refractivity (Wildman–Crippen MR) is 283 cm³/mol. The van der Waals surface area contributed by atoms with Crippen molar-refractivity contribution >= 4 is 87.6 Å². The highest BCUT2D eigenvalue weighted by Crippen LogP contribution is 2.44. The number of aromatic nitrogens is 6. The first-order valence-electron chi connectivity index (χ1n) is 23.3. The van der Waals surface area contributed by atoms with Crippen LogP contribution in [-0.4, -0.2) is 29.1 Å². The molecule has 326 valence electrons. The molecule has 0 spiro atoms. The molecule has 15 aromatic rings. The van der Waals surface area contributed by atoms with Gasteiger partial charge in [-0.25, -0.2) is 0 Å². The largest absolute Gasteiger partial charge is 0.456 e. The Hall–Kier alpha value is -9.66. The number of fused-ring (bicyclic) bond motifs is 12. The van der Waals surface area contributed by atoms with Gasteiger partial charge in [0.1, 0.15) is 22.3 Å². The van der Waals surface area contributed by atoms with Gasteiger partial charge >= 0.3 is 0 Å². The summed E-state index contributed by atoms with van der Waals surface area (Å²) in [6, 6.07) is 65.8. The van der Waals surface area contributed by atoms with Gasteiger partial charge < -0.3 is 18.0 Å². The van der Waals surface area contributed by atoms with Crippen molar-refractivity contribution in [1.82, 2.24) is 29.1 Å². The molecule has 0 N–H and O–H groups in total. The van der Waals surface area contributed by atoms with E-state index >= 15 is 0 Å². The van der Waals surface area contributed by atoms with Crippen molar-refractivity contribution in [2.45, 2.75) is 0 Å². The van der Waals surface area contributed by atoms with Crippen LogP contribution in [0.15, 0.2) is 228 Å². The molecule has 8 heterocycles. The van der Waals surface area contributed by atoms with E-state index in [4.69, 9.17) is 23.8 Å². The quantitative estimate of drug-likeness (QED) is 0.165. The molecule has 0 saturated heterocycles. The zero-order valence-electron chi connectivity index (χ0n) is 37.3. The first-order chi connectivity index (χ1) is 34.7. The van der Waals surface area contributed by atoms with Crippen LogP contribution in [0.25, 0.3) is 144 Å². The maximum absolute atomic E-state index is 6.80. The molecule has 0 aliphatic rings. The zero-order chi connectivity index (χ0) is 45.9. The minimum Gasteiger partial charge on any atom is -0.456 e. The van der Waals surface area contributed by atoms with Gasteiger partial charge in [0.2, 0.25) is 0 Å². The molecule has 8 heteroatoms. The summed E-state index contributed by atoms with van der Waals surface area (Å²) in [5.74, 6) is 0. The Morgan fingerprint density at radius 3 is 1.80 bits per heavy atom. The third-order valence-corrected chi connectivity index (χ3v) is 14.0. The molecule has 0 saturated carbocycles. The van der Waals surface area contributed by atoms with E-state index in [1.165, 1.54) is 0 Å². The average molecular weight is 897 g/mol. The number of hydrogen-bond acceptors (Lipinski definition) is 6. The van der Waals surface area contributed by atoms with Crippen LogP contribution in [0.5, 0.6) is 0 Å². The Morgan fingerprint density at radius 1 is 0.343 bits per heavy atom. The summed E-state index contributed by atoms with van der Waals surface area (Å²) >= 11 is 0. The average Bonchev–Trinajstić information content (AvgIpc) is 4.18. The Labute approximate surface area is 399 Å². The summed E-state index contributed by atoms with van der Waals surface area (Å²) in [4.78, 5) is 19.2. The SMILES string of the molecule is c1ccc(-c2cccc(-c3ccccn3)c2-n2c3ccc(-c4ccc5oc6c(-c7ccc8c(c7)c7cnccc7n8-c7ccc8oc9ccccc9c8c7)cccc6c5c4)cc3c3ncccc32)nc1. The van der Waals surface area contributed by atoms with E-state index < -0.39 is 0 Å². The van der Waals surface area contributed by atoms with Crippen LogP contribution in [-0.2, 0) is 0 Å². The van der Waals surface area contributed by atoms with Gasteiger partial charge in [-0.05, 0) is 120 Å². The van der Waals surface area contributed by atoms with Crippen molar-refractivity contribution in [3.63, 3.8) is 0 Å². The first-order valence-corrected chi connectivity index (χ1v) is 23.3. The molecule has 0 unspecified atom stereocenters. The number of pyridine rings is 4. The van der Waals surface area contributed by atoms with Gasteiger partial charge in [0, 0.05) is 91.1 Å². The molecule has 15 rings (SSSR count). The molecular formula is C62H36N6O2. The van der Waals surface area contributed by atoms with E-state index in [9.17, 15) is 0 Å². The summed E-state index contributed by atoms with van der Waals surface area (Å²) < 4.78 is 17.6. The smallest absolute Gasteiger partial charge is 0.143 e. The van der Waals surface area contributed by atoms with E-state index in [0.717, 1.165) is 144 Å². The normalized spacial score (nSPS) is 12.0. The molecule has 70 heavy (non-hydrogen) atoms. The van der Waals surface area contributed by atoms with Crippen LogP contribution in [0.3, 0.4) is 0 Å². The second kappa shape index (κ2) is 14.9. The van der Waals surface area contributed by atoms with Crippen LogP contribution in [0.4, 0.5) is 0 Å². The maximum atomic E-state index is 6.80. The molecule has 0 radical (unpaired) electrons. The summed E-state index contributed by atoms with van der Waals surface area (Å²) in [7, 11) is 0. The lowest BCUT2D eigenvalue weighted by atomic mass is 9.98. The van der Waals surface area contributed by atoms with Crippen molar-refractivity contribution in [3.8, 4) is 56.1 Å². The van der Waals surface area contributed by atoms with Gasteiger partial charge in [0.05, 0.1) is 44.7 Å². The zero-order valence-corrected chi connectivity index (χ0v) is 37.3. The van der Waals surface area contributed by atoms with Crippen LogP contribution in [0, 0.1) is 0 Å². The Kier molecular flexibility index (Phi) is 8.20. The Balaban J connectivity index is 0.857. The molecule has 0 aliphatic carbocycles. The topological polar surface area (TPSA) is 87.7 Å². The third-order valence-electron chi connectivity index (χ3n) is 14.0. The van der Waals surface area contributed by atoms with Crippen molar-refractivity contribution in [2.75, 3.05) is 0 Å². The molecule has 7 aromatic carbocycles. The first kappa shape index (κ1) is 38.4. The van der Waals surface area contributed by atoms with Crippen LogP contribution >= 0.6 is 0 Å². The second-order valence-electron chi connectivity index (χ2n) is 17.8. The fourth-order valence-electron chi connectivity index (χ4n) is 10.9. The van der Waals surface area contributed by atoms with Crippen molar-refractivity contribution in [3.05, 3.63) is 219 Å². The lowest BCUT2D eigenvalue weighted by molar-refractivity contribution is 0.669. The molecule has 0 fully saturated rings. The number of hydrogen-bond donors (Lipinski definition) is 0. The molecular weight excluding hydrogens is 861 g/mol. The monoisotopic (exact) mass is 896 g/mol. The summed E-state index contributed by atoms with van der Waals surface area (Å²) in [6.45, 7) is 0. The van der Waals surface area contributed by atoms with E-state index in [-0.39, 0.29) is 0 Å². The van der Waals surface area contributed by atoms with E-state index in [2.05, 4.69) is 160 Å². The van der Waals surface area contributed by atoms with Crippen molar-refractivity contribution in [1.29, 1.82) is 0 Å². The van der Waals surface area contributed by atoms with E-state index in [1.54, 1.807) is 0 Å². The number of rotatable bonds is 6. The van der Waals surface area contributed by atoms with E-state index in [1.807, 2.05) is 73.4 Å². The highest BCUT2D eigenvalue weighted by molar-refractivity contribution is 6.15. The van der Waals surface area contributed by atoms with Gasteiger partial charge in [-0.3, -0.25) is 19.9 Å². The van der Waals surface area contributed by atoms with Crippen LogP contribution in [0.2, 0.25) is 0 Å². The Bertz CT molecular complexity index is 4540. The molecule has 0 aliphatic heterocycles. The molecule has 0 amide bonds. The Morgan fingerprint density at radius 2 is 0.971 bits per heavy atom. The lowest BCUT2D eigenvalue weighted by Gasteiger charge is -2.18. The van der Waals surface area contributed by atoms with Crippen LogP contribution < -0.4 is 0 Å². The summed E-state index contributed by atoms with van der Waals surface area (Å²) in [5.41, 5.74) is 18.7. The molecule has 8 aromatic heterocycles. The minimum atomic E-state index is 0.836. The second-order valence-corrected chi connectivity index (χ2v) is 17.8. The third kappa shape index (κ3) is 5.71. The standard InChI is InChI=1S/C62H36N6O2/c1-2-18-57-42(10-1)48-35-40(22-26-58(48)69-57)67-53-24-20-39(34-46(53)50-36-63-31-27-55(50)67)41-11-7-12-43-47-32-38(21-25-59(47)70-62(41)43)37-19-23-54-49(33-37)60-56(17-9-30-66-60)68(54)61-44(51-15-3-5-28-64-51)13-8-14-45(61)52-16-4-6-29-65-52/h1-36H. The molecule has 0 bridgehead atoms. The summed E-state index contributed by atoms with van der Waals surface area (Å²) in [6.07, 6.45) is 9.40. The van der Waals surface area contributed by atoms with Crippen molar-refractivity contribution in [2.24, 2.45) is 0 Å². The summed E-state index contributed by atoms with van der Waals surface area (Å²) in [5, 5.41) is 7.57. The van der Waals surface area contributed by atoms with Crippen LogP contribution in [0.1, 0.15) is 0 Å². The lowest BCUT2D eigenvalue weighted by Crippen LogP contribution is -2.02. The number of benzene rings is 7. The maximum Gasteiger partial charge on any atom is 0.143 e. The van der Waals surface area contributed by atoms with Crippen molar-refractivity contribution < 1.29 is 8.83 Å². The van der Waals surface area contributed by atoms with Gasteiger partial charge in [-0.1, -0.05) is 84.9 Å². The fraction of sp³-hybridized carbons (Fsp3) is 0. The highest BCUT2D eigenvalue weighted by atomic mass is 16.3. The molecule has 8 nitrogen and oxygen atoms in total. The highest BCUT2D eigenvalue weighted by Gasteiger charge is 2.23. The minimum absolute atomic E-state index is 0.836. The van der Waals surface area contributed by atoms with Gasteiger partial charge in [-0.2, -0.15) is 0 Å². The van der Waals surface area contributed by atoms with E-state index in [0.29, 0.717) is 0 Å². The van der Waals surface area contributed by atoms with Gasteiger partial charge in [0.15, 0.2) is 0 Å². The fourth-order valence-corrected chi connectivity index (χ4v) is 10.9. The van der Waals surface area contributed by atoms with Gasteiger partial charge in [-0.15, -0.1) is 0 Å².